The molecule has 0 bridgehead atoms. The molecule has 5 heteroatoms. The lowest BCUT2D eigenvalue weighted by atomic mass is 9.82. The third kappa shape index (κ3) is 3.62. The Kier molecular flexibility index (Phi) is 5.28. The van der Waals surface area contributed by atoms with Crippen LogP contribution in [0.5, 0.6) is 0 Å². The van der Waals surface area contributed by atoms with Crippen molar-refractivity contribution >= 4 is 38.5 Å². The second-order valence-corrected chi connectivity index (χ2v) is 12.9. The number of nitrogens with zero attached hydrogens (tertiary/aromatic N) is 5. The van der Waals surface area contributed by atoms with Gasteiger partial charge < -0.3 is 4.57 Å². The van der Waals surface area contributed by atoms with Crippen molar-refractivity contribution in [1.29, 1.82) is 0 Å². The summed E-state index contributed by atoms with van der Waals surface area (Å²) in [7, 11) is 0. The number of hydrogen-bond donors (Lipinski definition) is 0. The summed E-state index contributed by atoms with van der Waals surface area (Å²) in [5, 5.41) is 7.67. The molecule has 6 aromatic carbocycles. The van der Waals surface area contributed by atoms with Crippen LogP contribution in [0.1, 0.15) is 25.0 Å². The van der Waals surface area contributed by atoms with Crippen molar-refractivity contribution in [2.75, 3.05) is 0 Å². The number of aromatic nitrogens is 5. The first-order valence-electron chi connectivity index (χ1n) is 16.1. The van der Waals surface area contributed by atoms with E-state index in [0.29, 0.717) is 5.82 Å². The molecule has 0 N–H and O–H groups in total. The molecule has 0 amide bonds. The molecule has 0 unspecified atom stereocenters. The van der Waals surface area contributed by atoms with E-state index in [1.165, 1.54) is 38.5 Å². The quantitative estimate of drug-likeness (QED) is 0.202. The fourth-order valence-electron chi connectivity index (χ4n) is 7.73. The Balaban J connectivity index is 1.27. The summed E-state index contributed by atoms with van der Waals surface area (Å²) in [5.74, 6) is 0.662. The molecule has 0 atom stereocenters. The average molecular weight is 604 g/mol. The maximum Gasteiger partial charge on any atom is 0.184 e. The third-order valence-corrected chi connectivity index (χ3v) is 9.97. The Morgan fingerprint density at radius 3 is 2.11 bits per heavy atom. The summed E-state index contributed by atoms with van der Waals surface area (Å²) in [6, 6.07) is 49.3. The van der Waals surface area contributed by atoms with Crippen molar-refractivity contribution in [1.82, 2.24) is 24.1 Å². The molecule has 5 nitrogen and oxygen atoms in total. The largest absolute Gasteiger partial charge is 0.308 e. The minimum absolute atomic E-state index is 0.0744. The van der Waals surface area contributed by atoms with Crippen LogP contribution in [-0.2, 0) is 5.41 Å². The minimum atomic E-state index is -0.0744. The van der Waals surface area contributed by atoms with Gasteiger partial charge >= 0.3 is 0 Å². The predicted molar refractivity (Wildman–Crippen MR) is 191 cm³/mol. The van der Waals surface area contributed by atoms with Crippen molar-refractivity contribution in [3.8, 4) is 39.5 Å². The molecule has 10 rings (SSSR count). The smallest absolute Gasteiger partial charge is 0.184 e. The first kappa shape index (κ1) is 26.2. The highest BCUT2D eigenvalue weighted by molar-refractivity contribution is 6.12. The lowest BCUT2D eigenvalue weighted by Crippen LogP contribution is -2.14. The van der Waals surface area contributed by atoms with Crippen LogP contribution < -0.4 is 0 Å². The molecule has 0 fully saturated rings. The van der Waals surface area contributed by atoms with E-state index in [9.17, 15) is 0 Å². The van der Waals surface area contributed by atoms with Gasteiger partial charge in [0.25, 0.3) is 0 Å². The highest BCUT2D eigenvalue weighted by Gasteiger charge is 2.36. The fraction of sp³-hybridized carbons (Fsp3) is 0.0714. The van der Waals surface area contributed by atoms with E-state index in [1.807, 2.05) is 40.9 Å². The average Bonchev–Trinajstić information content (AvgIpc) is 3.77. The van der Waals surface area contributed by atoms with E-state index in [1.54, 1.807) is 0 Å². The molecule has 0 saturated carbocycles. The first-order valence-corrected chi connectivity index (χ1v) is 16.1. The van der Waals surface area contributed by atoms with Crippen LogP contribution in [0.3, 0.4) is 0 Å². The zero-order chi connectivity index (χ0) is 31.3. The van der Waals surface area contributed by atoms with Gasteiger partial charge in [0, 0.05) is 27.3 Å². The van der Waals surface area contributed by atoms with Crippen LogP contribution in [0.15, 0.2) is 140 Å². The highest BCUT2D eigenvalue weighted by atomic mass is 15.3. The molecule has 3 aromatic heterocycles. The van der Waals surface area contributed by atoms with Crippen LogP contribution in [0.4, 0.5) is 0 Å². The SMILES string of the molecule is CC1(C)c2ccccc2-c2cc3c(cc21)c1ccccc1n3-c1ccccc1-c1nc2c(-c3ccccc3)nc3ccccc3n2n1. The van der Waals surface area contributed by atoms with Crippen LogP contribution in [-0.4, -0.2) is 24.1 Å². The fourth-order valence-corrected chi connectivity index (χ4v) is 7.73. The van der Waals surface area contributed by atoms with E-state index in [-0.39, 0.29) is 5.41 Å². The van der Waals surface area contributed by atoms with Gasteiger partial charge in [0.15, 0.2) is 11.5 Å². The molecule has 0 radical (unpaired) electrons. The maximum atomic E-state index is 5.22. The summed E-state index contributed by atoms with van der Waals surface area (Å²) in [6.07, 6.45) is 0. The number of benzene rings is 6. The van der Waals surface area contributed by atoms with Crippen LogP contribution in [0.2, 0.25) is 0 Å². The number of fused-ring (bicyclic) bond motifs is 9. The second-order valence-electron chi connectivity index (χ2n) is 12.9. The third-order valence-electron chi connectivity index (χ3n) is 9.97. The highest BCUT2D eigenvalue weighted by Crippen LogP contribution is 2.51. The summed E-state index contributed by atoms with van der Waals surface area (Å²) >= 11 is 0. The molecule has 222 valence electrons. The minimum Gasteiger partial charge on any atom is -0.308 e. The molecule has 1 aliphatic carbocycles. The maximum absolute atomic E-state index is 5.22. The normalized spacial score (nSPS) is 13.5. The van der Waals surface area contributed by atoms with Gasteiger partial charge in [0.05, 0.1) is 27.8 Å². The van der Waals surface area contributed by atoms with Crippen molar-refractivity contribution in [3.63, 3.8) is 0 Å². The standard InChI is InChI=1S/C42H29N5/c1-42(2)32-19-9-6-16-27(32)30-25-38-31(24-33(30)42)28-17-7-11-21-35(28)46(38)36-22-12-8-18-29(36)40-44-41-39(26-14-4-3-5-15-26)43-34-20-10-13-23-37(34)47(41)45-40/h3-25H,1-2H3. The molecule has 0 aliphatic heterocycles. The van der Waals surface area contributed by atoms with Crippen molar-refractivity contribution in [2.45, 2.75) is 19.3 Å². The van der Waals surface area contributed by atoms with Crippen LogP contribution in [0.25, 0.3) is 77.9 Å². The lowest BCUT2D eigenvalue weighted by Gasteiger charge is -2.21. The van der Waals surface area contributed by atoms with Crippen LogP contribution >= 0.6 is 0 Å². The molecular weight excluding hydrogens is 574 g/mol. The zero-order valence-corrected chi connectivity index (χ0v) is 26.0. The van der Waals surface area contributed by atoms with Gasteiger partial charge in [-0.05, 0) is 64.7 Å². The summed E-state index contributed by atoms with van der Waals surface area (Å²) in [5.41, 5.74) is 14.0. The summed E-state index contributed by atoms with van der Waals surface area (Å²) < 4.78 is 4.35. The van der Waals surface area contributed by atoms with Crippen molar-refractivity contribution in [2.24, 2.45) is 0 Å². The monoisotopic (exact) mass is 603 g/mol. The summed E-state index contributed by atoms with van der Waals surface area (Å²) in [6.45, 7) is 4.69. The van der Waals surface area contributed by atoms with Gasteiger partial charge in [0.1, 0.15) is 5.69 Å². The number of hydrogen-bond acceptors (Lipinski definition) is 3. The van der Waals surface area contributed by atoms with Gasteiger partial charge in [0.2, 0.25) is 0 Å². The molecule has 0 saturated heterocycles. The number of rotatable bonds is 3. The molecular formula is C42H29N5. The second kappa shape index (κ2) is 9.47. The Morgan fingerprint density at radius 2 is 1.23 bits per heavy atom. The molecule has 0 spiro atoms. The molecule has 9 aromatic rings. The van der Waals surface area contributed by atoms with E-state index in [0.717, 1.165) is 44.7 Å². The Bertz CT molecular complexity index is 2710. The first-order chi connectivity index (χ1) is 23.1. The van der Waals surface area contributed by atoms with Gasteiger partial charge in [-0.25, -0.2) is 14.5 Å². The molecule has 47 heavy (non-hydrogen) atoms. The number of para-hydroxylation sites is 4. The van der Waals surface area contributed by atoms with Crippen molar-refractivity contribution < 1.29 is 0 Å². The predicted octanol–water partition coefficient (Wildman–Crippen LogP) is 10.0. The van der Waals surface area contributed by atoms with E-state index in [4.69, 9.17) is 15.1 Å². The summed E-state index contributed by atoms with van der Waals surface area (Å²) in [4.78, 5) is 10.3. The molecule has 3 heterocycles. The zero-order valence-electron chi connectivity index (χ0n) is 26.0. The topological polar surface area (TPSA) is 48.0 Å². The van der Waals surface area contributed by atoms with Gasteiger partial charge in [-0.1, -0.05) is 111 Å². The van der Waals surface area contributed by atoms with E-state index < -0.39 is 0 Å². The van der Waals surface area contributed by atoms with Gasteiger partial charge in [-0.15, -0.1) is 5.10 Å². The van der Waals surface area contributed by atoms with E-state index in [2.05, 4.69) is 122 Å². The van der Waals surface area contributed by atoms with Gasteiger partial charge in [-0.3, -0.25) is 0 Å². The van der Waals surface area contributed by atoms with Crippen molar-refractivity contribution in [3.05, 3.63) is 151 Å². The Hall–Kier alpha value is -6.07. The molecule has 1 aliphatic rings. The Labute approximate surface area is 271 Å². The Morgan fingerprint density at radius 1 is 0.532 bits per heavy atom. The van der Waals surface area contributed by atoms with Crippen LogP contribution in [0, 0.1) is 0 Å². The van der Waals surface area contributed by atoms with E-state index >= 15 is 0 Å². The van der Waals surface area contributed by atoms with Gasteiger partial charge in [-0.2, -0.15) is 0 Å². The lowest BCUT2D eigenvalue weighted by molar-refractivity contribution is 0.661.